The molecule has 0 unspecified atom stereocenters. The van der Waals surface area contributed by atoms with Crippen molar-refractivity contribution in [2.24, 2.45) is 0 Å². The summed E-state index contributed by atoms with van der Waals surface area (Å²) in [5.41, 5.74) is -1.08. The number of benzene rings is 2. The first kappa shape index (κ1) is 22.7. The number of aliphatic hydroxyl groups is 4. The molecule has 1 aliphatic heterocycles. The molecular weight excluding hydrogens is 440 g/mol. The zero-order chi connectivity index (χ0) is 23.7. The Morgan fingerprint density at radius 1 is 1.00 bits per heavy atom. The number of hydrogen-bond acceptors (Lipinski definition) is 11. The van der Waals surface area contributed by atoms with E-state index in [1.54, 1.807) is 18.2 Å². The second-order valence-corrected chi connectivity index (χ2v) is 7.30. The molecule has 1 aromatic heterocycles. The molecule has 2 aromatic carbocycles. The molecule has 33 heavy (non-hydrogen) atoms. The van der Waals surface area contributed by atoms with Gasteiger partial charge in [-0.3, -0.25) is 0 Å². The third kappa shape index (κ3) is 4.40. The molecule has 1 aliphatic rings. The normalized spacial score (nSPS) is 25.0. The van der Waals surface area contributed by atoms with E-state index < -0.39 is 60.4 Å². The maximum Gasteiger partial charge on any atom is 0.383 e. The van der Waals surface area contributed by atoms with Gasteiger partial charge in [0.15, 0.2) is 5.75 Å². The summed E-state index contributed by atoms with van der Waals surface area (Å²) in [5, 5.41) is 49.6. The average Bonchev–Trinajstić information content (AvgIpc) is 2.82. The van der Waals surface area contributed by atoms with Crippen LogP contribution in [0.4, 0.5) is 0 Å². The predicted molar refractivity (Wildman–Crippen MR) is 110 cm³/mol. The van der Waals surface area contributed by atoms with E-state index in [9.17, 15) is 35.1 Å². The molecule has 0 aliphatic carbocycles. The van der Waals surface area contributed by atoms with Crippen LogP contribution in [0.25, 0.3) is 11.0 Å². The van der Waals surface area contributed by atoms with Gasteiger partial charge in [-0.1, -0.05) is 18.2 Å². The third-order valence-corrected chi connectivity index (χ3v) is 5.12. The highest BCUT2D eigenvalue weighted by atomic mass is 16.7. The number of carbonyl (C=O) groups excluding carboxylic acids is 1. The van der Waals surface area contributed by atoms with E-state index in [1.165, 1.54) is 30.3 Å². The van der Waals surface area contributed by atoms with Gasteiger partial charge in [-0.2, -0.15) is 0 Å². The number of aliphatic hydroxyl groups excluding tert-OH is 4. The summed E-state index contributed by atoms with van der Waals surface area (Å²) in [4.78, 5) is 24.6. The highest BCUT2D eigenvalue weighted by Crippen LogP contribution is 2.34. The predicted octanol–water partition coefficient (Wildman–Crippen LogP) is -0.104. The fourth-order valence-electron chi connectivity index (χ4n) is 3.34. The van der Waals surface area contributed by atoms with Crippen molar-refractivity contribution in [3.05, 3.63) is 64.5 Å². The van der Waals surface area contributed by atoms with Gasteiger partial charge in [0, 0.05) is 6.07 Å². The summed E-state index contributed by atoms with van der Waals surface area (Å²) < 4.78 is 20.9. The number of fused-ring (bicyclic) bond motifs is 1. The maximum atomic E-state index is 12.3. The van der Waals surface area contributed by atoms with Gasteiger partial charge in [0.05, 0.1) is 17.6 Å². The van der Waals surface area contributed by atoms with Crippen molar-refractivity contribution < 1.29 is 49.0 Å². The van der Waals surface area contributed by atoms with Crippen LogP contribution in [0, 0.1) is 0 Å². The number of aromatic hydroxyl groups is 1. The Morgan fingerprint density at radius 2 is 1.73 bits per heavy atom. The second kappa shape index (κ2) is 9.17. The molecule has 3 aromatic rings. The van der Waals surface area contributed by atoms with Gasteiger partial charge in [-0.15, -0.1) is 0 Å². The van der Waals surface area contributed by atoms with Crippen LogP contribution in [-0.4, -0.2) is 68.8 Å². The van der Waals surface area contributed by atoms with E-state index in [0.717, 1.165) is 0 Å². The van der Waals surface area contributed by atoms with Crippen molar-refractivity contribution in [1.29, 1.82) is 0 Å². The quantitative estimate of drug-likeness (QED) is 0.254. The van der Waals surface area contributed by atoms with Crippen LogP contribution in [0.15, 0.2) is 57.7 Å². The molecule has 11 heteroatoms. The van der Waals surface area contributed by atoms with Crippen molar-refractivity contribution in [1.82, 2.24) is 0 Å². The molecule has 2 heterocycles. The molecule has 0 radical (unpaired) electrons. The van der Waals surface area contributed by atoms with Crippen LogP contribution in [0.2, 0.25) is 0 Å². The minimum Gasteiger partial charge on any atom is -0.504 e. The minimum absolute atomic E-state index is 0.0170. The second-order valence-electron chi connectivity index (χ2n) is 7.30. The van der Waals surface area contributed by atoms with E-state index in [4.69, 9.17) is 18.6 Å². The van der Waals surface area contributed by atoms with Gasteiger partial charge in [0.2, 0.25) is 6.29 Å². The number of ether oxygens (including phenoxy) is 3. The van der Waals surface area contributed by atoms with Crippen LogP contribution >= 0.6 is 0 Å². The van der Waals surface area contributed by atoms with Crippen LogP contribution in [0.3, 0.4) is 0 Å². The molecule has 11 nitrogen and oxygen atoms in total. The van der Waals surface area contributed by atoms with Crippen molar-refractivity contribution in [3.63, 3.8) is 0 Å². The number of rotatable bonds is 5. The fraction of sp³-hybridized carbons (Fsp3) is 0.273. The zero-order valence-electron chi connectivity index (χ0n) is 16.9. The molecule has 0 saturated carbocycles. The SMILES string of the molecule is O=C(Oc1c(O)c2ccc(O[C@@H]3O[C@H](CO)[C@@H](O)[C@H](O)[C@H]3O)cc2oc1=O)c1ccccc1. The summed E-state index contributed by atoms with van der Waals surface area (Å²) in [6.07, 6.45) is -7.44. The summed E-state index contributed by atoms with van der Waals surface area (Å²) in [5.74, 6) is -2.15. The van der Waals surface area contributed by atoms with Crippen molar-refractivity contribution in [2.45, 2.75) is 30.7 Å². The van der Waals surface area contributed by atoms with Gasteiger partial charge >= 0.3 is 11.6 Å². The Hall–Kier alpha value is -3.48. The van der Waals surface area contributed by atoms with Gasteiger partial charge in [0.25, 0.3) is 5.75 Å². The van der Waals surface area contributed by atoms with Crippen molar-refractivity contribution in [3.8, 4) is 17.2 Å². The van der Waals surface area contributed by atoms with E-state index >= 15 is 0 Å². The number of hydrogen-bond donors (Lipinski definition) is 5. The molecule has 5 N–H and O–H groups in total. The molecule has 4 rings (SSSR count). The Bertz CT molecular complexity index is 1200. The standard InChI is InChI=1S/C22H20O11/c23-9-14-16(25)17(26)18(27)22(32-14)30-11-6-7-12-13(8-11)31-21(29)19(15(12)24)33-20(28)10-4-2-1-3-5-10/h1-8,14,16-18,22-27H,9H2/t14-,16-,17+,18-,22-/m1/s1. The van der Waals surface area contributed by atoms with Crippen LogP contribution in [-0.2, 0) is 4.74 Å². The van der Waals surface area contributed by atoms with E-state index in [0.29, 0.717) is 0 Å². The first-order valence-corrected chi connectivity index (χ1v) is 9.84. The Balaban J connectivity index is 1.59. The fourth-order valence-corrected chi connectivity index (χ4v) is 3.34. The smallest absolute Gasteiger partial charge is 0.383 e. The van der Waals surface area contributed by atoms with Gasteiger partial charge in [0.1, 0.15) is 35.7 Å². The van der Waals surface area contributed by atoms with Gasteiger partial charge < -0.3 is 44.2 Å². The van der Waals surface area contributed by atoms with Crippen LogP contribution in [0.5, 0.6) is 17.2 Å². The summed E-state index contributed by atoms with van der Waals surface area (Å²) >= 11 is 0. The van der Waals surface area contributed by atoms with Crippen molar-refractivity contribution >= 4 is 16.9 Å². The summed E-state index contributed by atoms with van der Waals surface area (Å²) in [6, 6.07) is 11.7. The lowest BCUT2D eigenvalue weighted by molar-refractivity contribution is -0.277. The number of carbonyl (C=O) groups is 1. The zero-order valence-corrected chi connectivity index (χ0v) is 16.9. The minimum atomic E-state index is -1.64. The van der Waals surface area contributed by atoms with E-state index in [-0.39, 0.29) is 22.3 Å². The van der Waals surface area contributed by atoms with E-state index in [1.807, 2.05) is 0 Å². The lowest BCUT2D eigenvalue weighted by Crippen LogP contribution is -2.60. The monoisotopic (exact) mass is 460 g/mol. The highest BCUT2D eigenvalue weighted by Gasteiger charge is 2.44. The Kier molecular flexibility index (Phi) is 6.31. The van der Waals surface area contributed by atoms with Crippen molar-refractivity contribution in [2.75, 3.05) is 6.61 Å². The van der Waals surface area contributed by atoms with Crippen LogP contribution in [0.1, 0.15) is 10.4 Å². The summed E-state index contributed by atoms with van der Waals surface area (Å²) in [6.45, 7) is -0.629. The Labute approximate surface area is 185 Å². The van der Waals surface area contributed by atoms with Crippen LogP contribution < -0.4 is 15.1 Å². The molecular formula is C22H20O11. The van der Waals surface area contributed by atoms with Gasteiger partial charge in [-0.05, 0) is 24.3 Å². The molecule has 0 amide bonds. The average molecular weight is 460 g/mol. The highest BCUT2D eigenvalue weighted by molar-refractivity contribution is 5.93. The first-order chi connectivity index (χ1) is 15.8. The summed E-state index contributed by atoms with van der Waals surface area (Å²) in [7, 11) is 0. The molecule has 174 valence electrons. The number of esters is 1. The molecule has 0 spiro atoms. The molecule has 5 atom stereocenters. The lowest BCUT2D eigenvalue weighted by atomic mass is 9.99. The molecule has 1 saturated heterocycles. The first-order valence-electron chi connectivity index (χ1n) is 9.84. The van der Waals surface area contributed by atoms with E-state index in [2.05, 4.69) is 0 Å². The van der Waals surface area contributed by atoms with Gasteiger partial charge in [-0.25, -0.2) is 9.59 Å². The lowest BCUT2D eigenvalue weighted by Gasteiger charge is -2.39. The Morgan fingerprint density at radius 3 is 2.42 bits per heavy atom. The largest absolute Gasteiger partial charge is 0.504 e. The molecule has 0 bridgehead atoms. The topological polar surface area (TPSA) is 176 Å². The molecule has 1 fully saturated rings. The maximum absolute atomic E-state index is 12.3. The third-order valence-electron chi connectivity index (χ3n) is 5.12.